The molecule has 0 saturated heterocycles. The van der Waals surface area contributed by atoms with Gasteiger partial charge in [0.05, 0.1) is 5.60 Å². The molecule has 0 spiro atoms. The standard InChI is InChI=1S/C16H23FO/c1-3-13-5-4-9-16(18,10-8-13)15-11-14(17)7-6-12(15)2/h6-7,11,13,18H,3-5,8-10H2,1-2H3. The van der Waals surface area contributed by atoms with Crippen LogP contribution in [0.3, 0.4) is 0 Å². The lowest BCUT2D eigenvalue weighted by Crippen LogP contribution is -2.26. The fourth-order valence-corrected chi connectivity index (χ4v) is 3.17. The summed E-state index contributed by atoms with van der Waals surface area (Å²) in [7, 11) is 0. The van der Waals surface area contributed by atoms with E-state index in [2.05, 4.69) is 6.92 Å². The Labute approximate surface area is 109 Å². The zero-order chi connectivity index (χ0) is 13.2. The predicted octanol–water partition coefficient (Wildman–Crippen LogP) is 4.31. The van der Waals surface area contributed by atoms with E-state index in [9.17, 15) is 9.50 Å². The minimum absolute atomic E-state index is 0.250. The van der Waals surface area contributed by atoms with E-state index in [-0.39, 0.29) is 5.82 Å². The maximum absolute atomic E-state index is 13.4. The number of rotatable bonds is 2. The molecular formula is C16H23FO. The second-order valence-electron chi connectivity index (χ2n) is 5.70. The van der Waals surface area contributed by atoms with Gasteiger partial charge in [0.1, 0.15) is 5.82 Å². The van der Waals surface area contributed by atoms with Crippen molar-refractivity contribution < 1.29 is 9.50 Å². The molecule has 0 heterocycles. The Morgan fingerprint density at radius 1 is 1.33 bits per heavy atom. The first-order valence-electron chi connectivity index (χ1n) is 7.04. The topological polar surface area (TPSA) is 20.2 Å². The molecule has 1 aromatic rings. The van der Waals surface area contributed by atoms with Crippen molar-refractivity contribution in [3.8, 4) is 0 Å². The molecule has 1 nitrogen and oxygen atoms in total. The Morgan fingerprint density at radius 3 is 2.83 bits per heavy atom. The van der Waals surface area contributed by atoms with E-state index in [1.165, 1.54) is 25.0 Å². The van der Waals surface area contributed by atoms with Crippen LogP contribution in [-0.2, 0) is 5.60 Å². The van der Waals surface area contributed by atoms with E-state index >= 15 is 0 Å². The van der Waals surface area contributed by atoms with Crippen molar-refractivity contribution in [2.45, 2.75) is 58.0 Å². The van der Waals surface area contributed by atoms with Crippen LogP contribution in [0.25, 0.3) is 0 Å². The van der Waals surface area contributed by atoms with Crippen LogP contribution in [0.2, 0.25) is 0 Å². The van der Waals surface area contributed by atoms with E-state index in [4.69, 9.17) is 0 Å². The Balaban J connectivity index is 2.27. The third-order valence-corrected chi connectivity index (χ3v) is 4.45. The number of hydrogen-bond acceptors (Lipinski definition) is 1. The normalized spacial score (nSPS) is 29.0. The molecule has 1 aliphatic rings. The summed E-state index contributed by atoms with van der Waals surface area (Å²) in [5, 5.41) is 10.9. The maximum atomic E-state index is 13.4. The Morgan fingerprint density at radius 2 is 2.11 bits per heavy atom. The smallest absolute Gasteiger partial charge is 0.123 e. The lowest BCUT2D eigenvalue weighted by molar-refractivity contribution is 0.0187. The first kappa shape index (κ1) is 13.5. The molecule has 100 valence electrons. The fourth-order valence-electron chi connectivity index (χ4n) is 3.17. The third-order valence-electron chi connectivity index (χ3n) is 4.45. The van der Waals surface area contributed by atoms with Gasteiger partial charge in [-0.3, -0.25) is 0 Å². The minimum atomic E-state index is -0.823. The molecule has 0 amide bonds. The zero-order valence-electron chi connectivity index (χ0n) is 11.4. The average Bonchev–Trinajstić information content (AvgIpc) is 2.55. The monoisotopic (exact) mass is 250 g/mol. The lowest BCUT2D eigenvalue weighted by Gasteiger charge is -2.29. The summed E-state index contributed by atoms with van der Waals surface area (Å²) in [6.45, 7) is 4.16. The molecule has 1 saturated carbocycles. The van der Waals surface area contributed by atoms with E-state index < -0.39 is 5.60 Å². The largest absolute Gasteiger partial charge is 0.385 e. The highest BCUT2D eigenvalue weighted by molar-refractivity contribution is 5.32. The summed E-state index contributed by atoms with van der Waals surface area (Å²) in [5.74, 6) is 0.466. The summed E-state index contributed by atoms with van der Waals surface area (Å²) < 4.78 is 13.4. The Kier molecular flexibility index (Phi) is 4.06. The van der Waals surface area contributed by atoms with Gasteiger partial charge in [0.25, 0.3) is 0 Å². The van der Waals surface area contributed by atoms with Crippen molar-refractivity contribution in [1.29, 1.82) is 0 Å². The molecule has 2 rings (SSSR count). The van der Waals surface area contributed by atoms with Crippen LogP contribution in [0.1, 0.15) is 56.6 Å². The third kappa shape index (κ3) is 2.74. The van der Waals surface area contributed by atoms with Gasteiger partial charge in [-0.2, -0.15) is 0 Å². The number of aliphatic hydroxyl groups is 1. The molecule has 0 bridgehead atoms. The molecule has 0 aliphatic heterocycles. The Bertz CT molecular complexity index is 416. The molecular weight excluding hydrogens is 227 g/mol. The van der Waals surface area contributed by atoms with Crippen LogP contribution in [0, 0.1) is 18.7 Å². The van der Waals surface area contributed by atoms with Gasteiger partial charge in [0.2, 0.25) is 0 Å². The van der Waals surface area contributed by atoms with Gasteiger partial charge in [-0.25, -0.2) is 4.39 Å². The maximum Gasteiger partial charge on any atom is 0.123 e. The lowest BCUT2D eigenvalue weighted by atomic mass is 9.83. The average molecular weight is 250 g/mol. The predicted molar refractivity (Wildman–Crippen MR) is 71.9 cm³/mol. The molecule has 18 heavy (non-hydrogen) atoms. The van der Waals surface area contributed by atoms with Crippen molar-refractivity contribution in [1.82, 2.24) is 0 Å². The van der Waals surface area contributed by atoms with Gasteiger partial charge in [-0.05, 0) is 61.8 Å². The van der Waals surface area contributed by atoms with Crippen molar-refractivity contribution in [2.75, 3.05) is 0 Å². The highest BCUT2D eigenvalue weighted by Crippen LogP contribution is 2.40. The van der Waals surface area contributed by atoms with E-state index in [1.54, 1.807) is 6.07 Å². The van der Waals surface area contributed by atoms with Crippen LogP contribution < -0.4 is 0 Å². The summed E-state index contributed by atoms with van der Waals surface area (Å²) in [6.07, 6.45) is 5.96. The molecule has 2 heteroatoms. The first-order valence-corrected chi connectivity index (χ1v) is 7.04. The van der Waals surface area contributed by atoms with Crippen molar-refractivity contribution in [2.24, 2.45) is 5.92 Å². The summed E-state index contributed by atoms with van der Waals surface area (Å²) in [6, 6.07) is 4.75. The Hall–Kier alpha value is -0.890. The number of aryl methyl sites for hydroxylation is 1. The van der Waals surface area contributed by atoms with Gasteiger partial charge < -0.3 is 5.11 Å². The van der Waals surface area contributed by atoms with Gasteiger partial charge in [-0.1, -0.05) is 25.8 Å². The number of halogens is 1. The SMILES string of the molecule is CCC1CCCC(O)(c2cc(F)ccc2C)CC1. The summed E-state index contributed by atoms with van der Waals surface area (Å²) in [5.41, 5.74) is 0.962. The molecule has 0 radical (unpaired) electrons. The number of benzene rings is 1. The molecule has 1 aliphatic carbocycles. The first-order chi connectivity index (χ1) is 8.55. The van der Waals surface area contributed by atoms with Crippen molar-refractivity contribution in [3.05, 3.63) is 35.1 Å². The number of hydrogen-bond donors (Lipinski definition) is 1. The van der Waals surface area contributed by atoms with Gasteiger partial charge in [0, 0.05) is 0 Å². The summed E-state index contributed by atoms with van der Waals surface area (Å²) >= 11 is 0. The van der Waals surface area contributed by atoms with Gasteiger partial charge in [-0.15, -0.1) is 0 Å². The second-order valence-corrected chi connectivity index (χ2v) is 5.70. The molecule has 1 fully saturated rings. The molecule has 2 atom stereocenters. The van der Waals surface area contributed by atoms with Crippen molar-refractivity contribution >= 4 is 0 Å². The van der Waals surface area contributed by atoms with E-state index in [0.29, 0.717) is 5.92 Å². The van der Waals surface area contributed by atoms with Gasteiger partial charge >= 0.3 is 0 Å². The van der Waals surface area contributed by atoms with Crippen LogP contribution in [0.15, 0.2) is 18.2 Å². The van der Waals surface area contributed by atoms with Crippen molar-refractivity contribution in [3.63, 3.8) is 0 Å². The molecule has 1 aromatic carbocycles. The van der Waals surface area contributed by atoms with E-state index in [1.807, 2.05) is 6.92 Å². The molecule has 0 aromatic heterocycles. The second kappa shape index (κ2) is 5.40. The van der Waals surface area contributed by atoms with Crippen LogP contribution in [0.5, 0.6) is 0 Å². The van der Waals surface area contributed by atoms with E-state index in [0.717, 1.165) is 36.8 Å². The summed E-state index contributed by atoms with van der Waals surface area (Å²) in [4.78, 5) is 0. The molecule has 2 unspecified atom stereocenters. The van der Waals surface area contributed by atoms with Gasteiger partial charge in [0.15, 0.2) is 0 Å². The van der Waals surface area contributed by atoms with Crippen LogP contribution >= 0.6 is 0 Å². The highest BCUT2D eigenvalue weighted by atomic mass is 19.1. The van der Waals surface area contributed by atoms with Crippen LogP contribution in [-0.4, -0.2) is 5.11 Å². The fraction of sp³-hybridized carbons (Fsp3) is 0.625. The quantitative estimate of drug-likeness (QED) is 0.775. The minimum Gasteiger partial charge on any atom is -0.385 e. The van der Waals surface area contributed by atoms with Crippen LogP contribution in [0.4, 0.5) is 4.39 Å². The highest BCUT2D eigenvalue weighted by Gasteiger charge is 2.33. The zero-order valence-corrected chi connectivity index (χ0v) is 11.4. The molecule has 1 N–H and O–H groups in total.